The van der Waals surface area contributed by atoms with E-state index in [1.54, 1.807) is 0 Å². The summed E-state index contributed by atoms with van der Waals surface area (Å²) in [5.74, 6) is 0.532. The zero-order valence-electron chi connectivity index (χ0n) is 24.3. The number of rotatable bonds is 5. The van der Waals surface area contributed by atoms with Crippen LogP contribution in [0.5, 0.6) is 0 Å². The third kappa shape index (κ3) is 7.21. The van der Waals surface area contributed by atoms with Crippen molar-refractivity contribution in [2.45, 2.75) is 118 Å². The van der Waals surface area contributed by atoms with Gasteiger partial charge < -0.3 is 4.74 Å². The molecule has 2 nitrogen and oxygen atoms in total. The van der Waals surface area contributed by atoms with Crippen LogP contribution in [0.2, 0.25) is 0 Å². The molecule has 0 unspecified atom stereocenters. The first-order valence-corrected chi connectivity index (χ1v) is 15.2. The van der Waals surface area contributed by atoms with Crippen molar-refractivity contribution in [2.75, 3.05) is 19.4 Å². The van der Waals surface area contributed by atoms with E-state index in [1.165, 1.54) is 18.3 Å². The van der Waals surface area contributed by atoms with Gasteiger partial charge >= 0.3 is 5.97 Å². The monoisotopic (exact) mass is 493 g/mol. The van der Waals surface area contributed by atoms with E-state index in [9.17, 15) is 4.79 Å². The van der Waals surface area contributed by atoms with E-state index in [0.717, 1.165) is 35.0 Å². The molecule has 0 fully saturated rings. The molecular weight excluding hydrogens is 442 g/mol. The molecule has 33 heavy (non-hydrogen) atoms. The average Bonchev–Trinajstić information content (AvgIpc) is 2.56. The Morgan fingerprint density at radius 1 is 0.727 bits per heavy atom. The normalized spacial score (nSPS) is 17.0. The molecule has 0 aromatic carbocycles. The van der Waals surface area contributed by atoms with Crippen LogP contribution in [-0.2, 0) is 9.53 Å². The maximum absolute atomic E-state index is 13.0. The van der Waals surface area contributed by atoms with Crippen LogP contribution in [0.3, 0.4) is 0 Å². The largest absolute Gasteiger partial charge is 0.455 e. The fraction of sp³-hybridized carbons (Fsp3) is 0.724. The minimum absolute atomic E-state index is 0.201. The number of carbonyl (C=O) groups excluding carboxylic acids is 1. The first kappa shape index (κ1) is 30.5. The molecular formula is C29H51O2P2+. The summed E-state index contributed by atoms with van der Waals surface area (Å²) < 4.78 is 5.28. The molecule has 0 atom stereocenters. The molecule has 0 amide bonds. The number of methoxy groups -OCH3 is 1. The number of ether oxygens (including phenoxy) is 1. The van der Waals surface area contributed by atoms with Crippen molar-refractivity contribution >= 4 is 21.8 Å². The number of esters is 1. The van der Waals surface area contributed by atoms with Crippen molar-refractivity contribution in [1.82, 2.24) is 0 Å². The Hall–Kier alpha value is -0.580. The Balaban J connectivity index is 3.70. The second kappa shape index (κ2) is 10.2. The summed E-state index contributed by atoms with van der Waals surface area (Å²) >= 11 is 0. The summed E-state index contributed by atoms with van der Waals surface area (Å²) in [5, 5.41) is 0.803. The predicted molar refractivity (Wildman–Crippen MR) is 152 cm³/mol. The molecule has 188 valence electrons. The van der Waals surface area contributed by atoms with Gasteiger partial charge in [0.2, 0.25) is 0 Å². The molecule has 0 heterocycles. The lowest BCUT2D eigenvalue weighted by molar-refractivity contribution is -0.137. The third-order valence-corrected chi connectivity index (χ3v) is 14.4. The highest BCUT2D eigenvalue weighted by Gasteiger charge is 2.47. The van der Waals surface area contributed by atoms with Crippen molar-refractivity contribution in [2.24, 2.45) is 0 Å². The summed E-state index contributed by atoms with van der Waals surface area (Å²) in [6.45, 7) is 37.2. The standard InChI is InChI=1S/C29H51O2P2/c1-19-22(17-32(26(4,5)6)27(7,8)9)20(2)24(25(30)31-16)21(3)23(19)18-33(28(10,11)12)29(13,14)15/h1,17-18H2,2-16H3/q+1. The van der Waals surface area contributed by atoms with Crippen molar-refractivity contribution in [3.8, 4) is 0 Å². The maximum Gasteiger partial charge on any atom is 0.396 e. The van der Waals surface area contributed by atoms with Crippen LogP contribution in [0.1, 0.15) is 96.9 Å². The minimum Gasteiger partial charge on any atom is -0.455 e. The van der Waals surface area contributed by atoms with Gasteiger partial charge in [-0.1, -0.05) is 106 Å². The zero-order valence-corrected chi connectivity index (χ0v) is 26.1. The van der Waals surface area contributed by atoms with Crippen LogP contribution in [0.25, 0.3) is 0 Å². The van der Waals surface area contributed by atoms with Gasteiger partial charge in [-0.05, 0) is 34.5 Å². The summed E-state index contributed by atoms with van der Waals surface area (Å²) in [7, 11) is 0.770. The van der Waals surface area contributed by atoms with E-state index >= 15 is 0 Å². The second-order valence-corrected chi connectivity index (χ2v) is 21.1. The first-order chi connectivity index (χ1) is 14.5. The highest BCUT2D eigenvalue weighted by molar-refractivity contribution is 7.61. The fourth-order valence-corrected chi connectivity index (χ4v) is 12.7. The van der Waals surface area contributed by atoms with Crippen LogP contribution in [0, 0.1) is 5.92 Å². The van der Waals surface area contributed by atoms with Gasteiger partial charge in [-0.25, -0.2) is 4.79 Å². The molecule has 4 heteroatoms. The van der Waals surface area contributed by atoms with Crippen molar-refractivity contribution < 1.29 is 9.53 Å². The van der Waals surface area contributed by atoms with E-state index < -0.39 is 0 Å². The van der Waals surface area contributed by atoms with Gasteiger partial charge in [0, 0.05) is 12.3 Å². The molecule has 0 spiro atoms. The van der Waals surface area contributed by atoms with Gasteiger partial charge in [-0.2, -0.15) is 0 Å². The molecule has 0 bridgehead atoms. The van der Waals surface area contributed by atoms with E-state index in [-0.39, 0.29) is 42.4 Å². The van der Waals surface area contributed by atoms with E-state index in [1.807, 2.05) is 0 Å². The Morgan fingerprint density at radius 3 is 1.21 bits per heavy atom. The topological polar surface area (TPSA) is 26.3 Å². The van der Waals surface area contributed by atoms with Crippen LogP contribution < -0.4 is 0 Å². The lowest BCUT2D eigenvalue weighted by Gasteiger charge is -2.43. The Bertz CT molecular complexity index is 730. The van der Waals surface area contributed by atoms with Gasteiger partial charge in [-0.15, -0.1) is 0 Å². The van der Waals surface area contributed by atoms with Crippen LogP contribution in [0.4, 0.5) is 0 Å². The quantitative estimate of drug-likeness (QED) is 0.217. The van der Waals surface area contributed by atoms with Crippen molar-refractivity contribution in [3.63, 3.8) is 0 Å². The second-order valence-electron chi connectivity index (χ2n) is 13.4. The van der Waals surface area contributed by atoms with Crippen LogP contribution >= 0.6 is 15.8 Å². The number of allylic oxidation sites excluding steroid dienone is 3. The summed E-state index contributed by atoms with van der Waals surface area (Å²) in [6.07, 6.45) is 1.96. The summed E-state index contributed by atoms with van der Waals surface area (Å²) in [5.41, 5.74) is 5.81. The Labute approximate surface area is 208 Å². The lowest BCUT2D eigenvalue weighted by atomic mass is 9.78. The summed E-state index contributed by atoms with van der Waals surface area (Å²) in [6, 6.07) is 0. The maximum atomic E-state index is 13.0. The van der Waals surface area contributed by atoms with E-state index in [2.05, 4.69) is 104 Å². The molecule has 0 saturated carbocycles. The molecule has 1 aliphatic carbocycles. The van der Waals surface area contributed by atoms with Crippen LogP contribution in [-0.4, -0.2) is 46.0 Å². The third-order valence-electron chi connectivity index (χ3n) is 6.64. The lowest BCUT2D eigenvalue weighted by Crippen LogP contribution is -2.31. The van der Waals surface area contributed by atoms with E-state index in [0.29, 0.717) is 0 Å². The molecule has 0 aromatic heterocycles. The SMILES string of the molecule is C=C1C(CP(C(C)(C)C)C(C)(C)C)=C(C)[C+](C(=O)OC)C(C)=C1CP(C(C)(C)C)C(C)(C)C. The molecule has 0 saturated heterocycles. The van der Waals surface area contributed by atoms with Gasteiger partial charge in [0.25, 0.3) is 0 Å². The number of hydrogen-bond acceptors (Lipinski definition) is 2. The highest BCUT2D eigenvalue weighted by Crippen LogP contribution is 2.64. The minimum atomic E-state index is -0.362. The average molecular weight is 494 g/mol. The molecule has 0 aliphatic heterocycles. The predicted octanol–water partition coefficient (Wildman–Crippen LogP) is 9.09. The van der Waals surface area contributed by atoms with Gasteiger partial charge in [-0.3, -0.25) is 0 Å². The fourth-order valence-electron chi connectivity index (χ4n) is 5.33. The molecule has 1 rings (SSSR count). The highest BCUT2D eigenvalue weighted by atomic mass is 31.1. The number of carbonyl (C=O) groups is 1. The Morgan fingerprint density at radius 2 is 1.00 bits per heavy atom. The van der Waals surface area contributed by atoms with Gasteiger partial charge in [0.05, 0.1) is 35.0 Å². The first-order valence-electron chi connectivity index (χ1n) is 12.2. The van der Waals surface area contributed by atoms with Crippen molar-refractivity contribution in [3.05, 3.63) is 40.4 Å². The van der Waals surface area contributed by atoms with E-state index in [4.69, 9.17) is 4.74 Å². The number of hydrogen-bond donors (Lipinski definition) is 0. The zero-order chi connectivity index (χ0) is 26.3. The smallest absolute Gasteiger partial charge is 0.396 e. The molecule has 0 N–H and O–H groups in total. The summed E-state index contributed by atoms with van der Waals surface area (Å²) in [4.78, 5) is 13.0. The van der Waals surface area contributed by atoms with Gasteiger partial charge in [0.15, 0.2) is 5.92 Å². The Kier molecular flexibility index (Phi) is 9.40. The van der Waals surface area contributed by atoms with Crippen LogP contribution in [0.15, 0.2) is 34.4 Å². The van der Waals surface area contributed by atoms with Gasteiger partial charge in [0.1, 0.15) is 0 Å². The van der Waals surface area contributed by atoms with Crippen molar-refractivity contribution in [1.29, 1.82) is 0 Å². The molecule has 0 aromatic rings. The molecule has 1 aliphatic rings. The molecule has 0 radical (unpaired) electrons.